The van der Waals surface area contributed by atoms with E-state index in [9.17, 15) is 9.59 Å². The number of nitrogens with zero attached hydrogens (tertiary/aromatic N) is 1. The molecule has 4 nitrogen and oxygen atoms in total. The molecule has 1 amide bonds. The molecule has 1 saturated heterocycles. The van der Waals surface area contributed by atoms with Gasteiger partial charge in [-0.05, 0) is 62.1 Å². The van der Waals surface area contributed by atoms with E-state index >= 15 is 0 Å². The fourth-order valence-corrected chi connectivity index (χ4v) is 3.58. The molecule has 3 rings (SSSR count). The lowest BCUT2D eigenvalue weighted by atomic mass is 9.98. The number of hydrogen-bond acceptors (Lipinski definition) is 2. The van der Waals surface area contributed by atoms with Crippen LogP contribution in [-0.4, -0.2) is 28.9 Å². The molecule has 4 heteroatoms. The smallest absolute Gasteiger partial charge is 0.251 e. The Morgan fingerprint density at radius 1 is 1.21 bits per heavy atom. The van der Waals surface area contributed by atoms with Gasteiger partial charge in [-0.1, -0.05) is 18.6 Å². The first-order valence-electron chi connectivity index (χ1n) is 8.85. The van der Waals surface area contributed by atoms with Crippen molar-refractivity contribution in [2.45, 2.75) is 46.5 Å². The summed E-state index contributed by atoms with van der Waals surface area (Å²) in [6, 6.07) is 6.09. The van der Waals surface area contributed by atoms with E-state index in [1.807, 2.05) is 17.9 Å². The number of pyridine rings is 1. The normalized spacial score (nSPS) is 15.9. The van der Waals surface area contributed by atoms with Gasteiger partial charge in [-0.2, -0.15) is 0 Å². The highest BCUT2D eigenvalue weighted by atomic mass is 16.2. The maximum absolute atomic E-state index is 12.4. The van der Waals surface area contributed by atoms with Crippen molar-refractivity contribution in [3.8, 4) is 0 Å². The van der Waals surface area contributed by atoms with Crippen LogP contribution in [0.5, 0.6) is 0 Å². The van der Waals surface area contributed by atoms with Gasteiger partial charge in [0.15, 0.2) is 0 Å². The molecule has 24 heavy (non-hydrogen) atoms. The molecule has 0 radical (unpaired) electrons. The monoisotopic (exact) mass is 326 g/mol. The first-order chi connectivity index (χ1) is 11.4. The average molecular weight is 326 g/mol. The molecule has 128 valence electrons. The standard InChI is InChI=1S/C20H26N2O2/c1-13-6-8-22(9-7-13)18(23)5-4-16-12-17-11-14(2)10-15(3)19(17)21-20(16)24/h10-13H,4-9H2,1-3H3,(H,21,24). The van der Waals surface area contributed by atoms with Gasteiger partial charge >= 0.3 is 0 Å². The number of aromatic amines is 1. The fraction of sp³-hybridized carbons (Fsp3) is 0.500. The number of hydrogen-bond donors (Lipinski definition) is 1. The van der Waals surface area contributed by atoms with E-state index in [1.54, 1.807) is 0 Å². The molecule has 0 spiro atoms. The summed E-state index contributed by atoms with van der Waals surface area (Å²) in [4.78, 5) is 29.6. The van der Waals surface area contributed by atoms with Crippen LogP contribution in [0.15, 0.2) is 23.0 Å². The second-order valence-corrected chi connectivity index (χ2v) is 7.23. The van der Waals surface area contributed by atoms with Crippen molar-refractivity contribution in [1.29, 1.82) is 0 Å². The van der Waals surface area contributed by atoms with Crippen LogP contribution in [0, 0.1) is 19.8 Å². The lowest BCUT2D eigenvalue weighted by molar-refractivity contribution is -0.132. The van der Waals surface area contributed by atoms with Crippen LogP contribution in [0.2, 0.25) is 0 Å². The van der Waals surface area contributed by atoms with Gasteiger partial charge < -0.3 is 9.88 Å². The molecule has 1 aliphatic heterocycles. The Hall–Kier alpha value is -2.10. The minimum Gasteiger partial charge on any atom is -0.343 e. The number of amides is 1. The minimum absolute atomic E-state index is 0.0745. The summed E-state index contributed by atoms with van der Waals surface area (Å²) < 4.78 is 0. The lowest BCUT2D eigenvalue weighted by Gasteiger charge is -2.30. The van der Waals surface area contributed by atoms with E-state index in [4.69, 9.17) is 0 Å². The molecular weight excluding hydrogens is 300 g/mol. The molecule has 1 aromatic carbocycles. The molecule has 1 fully saturated rings. The number of carbonyl (C=O) groups is 1. The molecule has 2 heterocycles. The average Bonchev–Trinajstić information content (AvgIpc) is 2.54. The highest BCUT2D eigenvalue weighted by molar-refractivity contribution is 5.83. The van der Waals surface area contributed by atoms with Crippen LogP contribution in [0.25, 0.3) is 10.9 Å². The van der Waals surface area contributed by atoms with E-state index in [-0.39, 0.29) is 11.5 Å². The molecule has 0 unspecified atom stereocenters. The zero-order chi connectivity index (χ0) is 17.3. The number of rotatable bonds is 3. The van der Waals surface area contributed by atoms with Crippen LogP contribution >= 0.6 is 0 Å². The van der Waals surface area contributed by atoms with Gasteiger partial charge in [0.05, 0.1) is 5.52 Å². The summed E-state index contributed by atoms with van der Waals surface area (Å²) in [6.45, 7) is 8.00. The van der Waals surface area contributed by atoms with Gasteiger partial charge in [-0.25, -0.2) is 0 Å². The van der Waals surface area contributed by atoms with E-state index in [0.717, 1.165) is 42.4 Å². The van der Waals surface area contributed by atoms with Gasteiger partial charge in [-0.15, -0.1) is 0 Å². The fourth-order valence-electron chi connectivity index (χ4n) is 3.58. The maximum atomic E-state index is 12.4. The Balaban J connectivity index is 1.74. The first kappa shape index (κ1) is 16.7. The van der Waals surface area contributed by atoms with Crippen LogP contribution in [-0.2, 0) is 11.2 Å². The highest BCUT2D eigenvalue weighted by Gasteiger charge is 2.20. The molecular formula is C20H26N2O2. The van der Waals surface area contributed by atoms with Gasteiger partial charge in [0.1, 0.15) is 0 Å². The lowest BCUT2D eigenvalue weighted by Crippen LogP contribution is -2.38. The minimum atomic E-state index is -0.0745. The summed E-state index contributed by atoms with van der Waals surface area (Å²) in [5.74, 6) is 0.880. The number of aromatic nitrogens is 1. The maximum Gasteiger partial charge on any atom is 0.251 e. The predicted octanol–water partition coefficient (Wildman–Crippen LogP) is 3.34. The van der Waals surface area contributed by atoms with E-state index in [2.05, 4.69) is 31.0 Å². The molecule has 0 bridgehead atoms. The number of carbonyl (C=O) groups excluding carboxylic acids is 1. The van der Waals surface area contributed by atoms with Crippen molar-refractivity contribution >= 4 is 16.8 Å². The number of piperidine rings is 1. The number of benzene rings is 1. The van der Waals surface area contributed by atoms with E-state index in [0.29, 0.717) is 24.3 Å². The van der Waals surface area contributed by atoms with Gasteiger partial charge in [0.2, 0.25) is 5.91 Å². The summed E-state index contributed by atoms with van der Waals surface area (Å²) in [6.07, 6.45) is 3.08. The highest BCUT2D eigenvalue weighted by Crippen LogP contribution is 2.19. The molecule has 1 N–H and O–H groups in total. The van der Waals surface area contributed by atoms with E-state index < -0.39 is 0 Å². The van der Waals surface area contributed by atoms with Crippen molar-refractivity contribution < 1.29 is 4.79 Å². The quantitative estimate of drug-likeness (QED) is 0.940. The van der Waals surface area contributed by atoms with Crippen LogP contribution < -0.4 is 5.56 Å². The van der Waals surface area contributed by atoms with Gasteiger partial charge in [-0.3, -0.25) is 9.59 Å². The second kappa shape index (κ2) is 6.80. The predicted molar refractivity (Wildman–Crippen MR) is 97.3 cm³/mol. The van der Waals surface area contributed by atoms with Crippen LogP contribution in [0.4, 0.5) is 0 Å². The molecule has 0 atom stereocenters. The van der Waals surface area contributed by atoms with Crippen molar-refractivity contribution in [3.63, 3.8) is 0 Å². The summed E-state index contributed by atoms with van der Waals surface area (Å²) in [5.41, 5.74) is 3.77. The first-order valence-corrected chi connectivity index (χ1v) is 8.85. The number of likely N-dealkylation sites (tertiary alicyclic amines) is 1. The Morgan fingerprint density at radius 3 is 2.62 bits per heavy atom. The van der Waals surface area contributed by atoms with E-state index in [1.165, 1.54) is 5.56 Å². The number of H-pyrrole nitrogens is 1. The topological polar surface area (TPSA) is 53.2 Å². The van der Waals surface area contributed by atoms with Crippen LogP contribution in [0.1, 0.15) is 42.9 Å². The Morgan fingerprint density at radius 2 is 1.92 bits per heavy atom. The number of fused-ring (bicyclic) bond motifs is 1. The number of aryl methyl sites for hydroxylation is 3. The summed E-state index contributed by atoms with van der Waals surface area (Å²) in [5, 5.41) is 1.04. The van der Waals surface area contributed by atoms with Crippen molar-refractivity contribution in [3.05, 3.63) is 45.2 Å². The molecule has 1 aliphatic rings. The summed E-state index contributed by atoms with van der Waals surface area (Å²) in [7, 11) is 0. The third kappa shape index (κ3) is 3.53. The van der Waals surface area contributed by atoms with Gasteiger partial charge in [0, 0.05) is 25.1 Å². The zero-order valence-corrected chi connectivity index (χ0v) is 14.8. The molecule has 2 aromatic rings. The SMILES string of the molecule is Cc1cc(C)c2[nH]c(=O)c(CCC(=O)N3CCC(C)CC3)cc2c1. The Kier molecular flexibility index (Phi) is 4.74. The van der Waals surface area contributed by atoms with Gasteiger partial charge in [0.25, 0.3) is 5.56 Å². The van der Waals surface area contributed by atoms with Crippen molar-refractivity contribution in [1.82, 2.24) is 9.88 Å². The molecule has 0 aliphatic carbocycles. The zero-order valence-electron chi connectivity index (χ0n) is 14.8. The van der Waals surface area contributed by atoms with Crippen LogP contribution in [0.3, 0.4) is 0 Å². The molecule has 1 aromatic heterocycles. The summed E-state index contributed by atoms with van der Waals surface area (Å²) >= 11 is 0. The van der Waals surface area contributed by atoms with Crippen molar-refractivity contribution in [2.75, 3.05) is 13.1 Å². The van der Waals surface area contributed by atoms with Crippen molar-refractivity contribution in [2.24, 2.45) is 5.92 Å². The Labute approximate surface area is 142 Å². The molecule has 0 saturated carbocycles. The largest absolute Gasteiger partial charge is 0.343 e. The second-order valence-electron chi connectivity index (χ2n) is 7.23. The number of nitrogens with one attached hydrogen (secondary N) is 1. The third-order valence-corrected chi connectivity index (χ3v) is 5.11. The third-order valence-electron chi connectivity index (χ3n) is 5.11. The Bertz CT molecular complexity index is 814.